The SMILES string of the molecule is O=C(Nc1cccc(Cl)c1)OCCC(C(=O)O)S(=O)(=O)c1ccc(NC(=O)c2ccc(Cl)cc2)cc1. The molecule has 0 bridgehead atoms. The van der Waals surface area contributed by atoms with E-state index >= 15 is 0 Å². The average molecular weight is 551 g/mol. The smallest absolute Gasteiger partial charge is 0.411 e. The Morgan fingerprint density at radius 2 is 1.53 bits per heavy atom. The Morgan fingerprint density at radius 3 is 2.14 bits per heavy atom. The molecule has 3 N–H and O–H groups in total. The molecule has 3 aromatic carbocycles. The van der Waals surface area contributed by atoms with Crippen LogP contribution in [-0.4, -0.2) is 43.4 Å². The second kappa shape index (κ2) is 11.9. The molecule has 0 fully saturated rings. The molecule has 0 heterocycles. The number of hydrogen-bond acceptors (Lipinski definition) is 6. The second-order valence-electron chi connectivity index (χ2n) is 7.42. The molecule has 2 amide bonds. The number of halogens is 2. The van der Waals surface area contributed by atoms with E-state index in [1.165, 1.54) is 42.5 Å². The van der Waals surface area contributed by atoms with Crippen molar-refractivity contribution in [1.82, 2.24) is 0 Å². The van der Waals surface area contributed by atoms with Crippen LogP contribution in [0.3, 0.4) is 0 Å². The van der Waals surface area contributed by atoms with Crippen LogP contribution >= 0.6 is 23.2 Å². The third-order valence-corrected chi connectivity index (χ3v) is 7.48. The minimum absolute atomic E-state index is 0.261. The number of hydrogen-bond donors (Lipinski definition) is 3. The molecular formula is C24H20Cl2N2O7S. The molecule has 36 heavy (non-hydrogen) atoms. The van der Waals surface area contributed by atoms with Gasteiger partial charge in [0.15, 0.2) is 15.1 Å². The molecule has 0 aromatic heterocycles. The highest BCUT2D eigenvalue weighted by molar-refractivity contribution is 7.92. The number of benzene rings is 3. The van der Waals surface area contributed by atoms with Crippen LogP contribution in [-0.2, 0) is 19.4 Å². The zero-order chi connectivity index (χ0) is 26.3. The number of anilines is 2. The van der Waals surface area contributed by atoms with Crippen molar-refractivity contribution >= 4 is 62.4 Å². The van der Waals surface area contributed by atoms with Crippen LogP contribution in [0.1, 0.15) is 16.8 Å². The molecule has 1 unspecified atom stereocenters. The summed E-state index contributed by atoms with van der Waals surface area (Å²) in [6.07, 6.45) is -1.37. The molecule has 9 nitrogen and oxygen atoms in total. The fourth-order valence-electron chi connectivity index (χ4n) is 3.09. The van der Waals surface area contributed by atoms with Crippen LogP contribution in [0, 0.1) is 0 Å². The van der Waals surface area contributed by atoms with Crippen molar-refractivity contribution in [3.05, 3.63) is 88.4 Å². The third-order valence-electron chi connectivity index (χ3n) is 4.88. The van der Waals surface area contributed by atoms with Gasteiger partial charge in [0.2, 0.25) is 0 Å². The lowest BCUT2D eigenvalue weighted by Gasteiger charge is -2.15. The summed E-state index contributed by atoms with van der Waals surface area (Å²) >= 11 is 11.6. The number of carbonyl (C=O) groups excluding carboxylic acids is 2. The largest absolute Gasteiger partial charge is 0.480 e. The van der Waals surface area contributed by atoms with Gasteiger partial charge in [0.05, 0.1) is 11.5 Å². The topological polar surface area (TPSA) is 139 Å². The summed E-state index contributed by atoms with van der Waals surface area (Å²) in [7, 11) is -4.32. The van der Waals surface area contributed by atoms with Gasteiger partial charge in [0.25, 0.3) is 5.91 Å². The number of ether oxygens (including phenoxy) is 1. The van der Waals surface area contributed by atoms with Crippen molar-refractivity contribution in [2.24, 2.45) is 0 Å². The van der Waals surface area contributed by atoms with Crippen LogP contribution in [0.15, 0.2) is 77.7 Å². The monoisotopic (exact) mass is 550 g/mol. The number of amides is 2. The molecule has 3 aromatic rings. The first-order valence-electron chi connectivity index (χ1n) is 10.4. The Kier molecular flexibility index (Phi) is 8.92. The average Bonchev–Trinajstić information content (AvgIpc) is 2.82. The molecule has 12 heteroatoms. The number of carboxylic acids is 1. The first kappa shape index (κ1) is 27.0. The fraction of sp³-hybridized carbons (Fsp3) is 0.125. The molecule has 3 rings (SSSR count). The lowest BCUT2D eigenvalue weighted by Crippen LogP contribution is -2.32. The van der Waals surface area contributed by atoms with Crippen LogP contribution in [0.5, 0.6) is 0 Å². The molecular weight excluding hydrogens is 531 g/mol. The summed E-state index contributed by atoms with van der Waals surface area (Å²) in [6.45, 7) is -0.460. The number of carboxylic acid groups (broad SMARTS) is 1. The van der Waals surface area contributed by atoms with E-state index in [9.17, 15) is 27.9 Å². The van der Waals surface area contributed by atoms with E-state index in [0.717, 1.165) is 0 Å². The maximum absolute atomic E-state index is 12.9. The first-order valence-corrected chi connectivity index (χ1v) is 12.7. The zero-order valence-electron chi connectivity index (χ0n) is 18.5. The second-order valence-corrected chi connectivity index (χ2v) is 10.4. The third kappa shape index (κ3) is 7.20. The van der Waals surface area contributed by atoms with Crippen molar-refractivity contribution < 1.29 is 32.6 Å². The van der Waals surface area contributed by atoms with Crippen molar-refractivity contribution in [2.45, 2.75) is 16.6 Å². The predicted molar refractivity (Wildman–Crippen MR) is 135 cm³/mol. The van der Waals surface area contributed by atoms with Crippen LogP contribution in [0.25, 0.3) is 0 Å². The number of rotatable bonds is 9. The van der Waals surface area contributed by atoms with Gasteiger partial charge in [0, 0.05) is 33.4 Å². The van der Waals surface area contributed by atoms with Crippen molar-refractivity contribution in [1.29, 1.82) is 0 Å². The predicted octanol–water partition coefficient (Wildman–Crippen LogP) is 5.11. The zero-order valence-corrected chi connectivity index (χ0v) is 20.8. The lowest BCUT2D eigenvalue weighted by atomic mass is 10.2. The Balaban J connectivity index is 1.61. The van der Waals surface area contributed by atoms with Gasteiger partial charge in [0.1, 0.15) is 0 Å². The van der Waals surface area contributed by atoms with E-state index in [4.69, 9.17) is 27.9 Å². The summed E-state index contributed by atoms with van der Waals surface area (Å²) < 4.78 is 30.8. The molecule has 0 aliphatic rings. The van der Waals surface area contributed by atoms with Crippen LogP contribution in [0.2, 0.25) is 10.0 Å². The normalized spacial score (nSPS) is 11.8. The van der Waals surface area contributed by atoms with Gasteiger partial charge in [-0.3, -0.25) is 14.9 Å². The maximum Gasteiger partial charge on any atom is 0.411 e. The number of sulfone groups is 1. The van der Waals surface area contributed by atoms with Crippen molar-refractivity contribution in [3.8, 4) is 0 Å². The Labute approximate surface area is 216 Å². The number of nitrogens with one attached hydrogen (secondary N) is 2. The first-order chi connectivity index (χ1) is 17.1. The van der Waals surface area contributed by atoms with Gasteiger partial charge in [-0.2, -0.15) is 0 Å². The van der Waals surface area contributed by atoms with E-state index in [-0.39, 0.29) is 4.90 Å². The number of carbonyl (C=O) groups is 3. The Hall–Kier alpha value is -3.60. The highest BCUT2D eigenvalue weighted by Gasteiger charge is 2.34. The molecule has 0 saturated carbocycles. The minimum atomic E-state index is -4.32. The summed E-state index contributed by atoms with van der Waals surface area (Å²) in [5.41, 5.74) is 1.02. The molecule has 1 atom stereocenters. The molecule has 0 aliphatic carbocycles. The fourth-order valence-corrected chi connectivity index (χ4v) is 4.92. The molecule has 0 spiro atoms. The van der Waals surface area contributed by atoms with Gasteiger partial charge in [-0.1, -0.05) is 29.3 Å². The van der Waals surface area contributed by atoms with E-state index in [1.54, 1.807) is 30.3 Å². The standard InChI is InChI=1S/C24H20Cl2N2O7S/c25-16-6-4-15(5-7-16)22(29)27-18-8-10-20(11-9-18)36(33,34)21(23(30)31)12-13-35-24(32)28-19-3-1-2-17(26)14-19/h1-11,14,21H,12-13H2,(H,27,29)(H,28,32)(H,30,31). The van der Waals surface area contributed by atoms with Crippen LogP contribution in [0.4, 0.5) is 16.2 Å². The summed E-state index contributed by atoms with van der Waals surface area (Å²) in [4.78, 5) is 35.7. The van der Waals surface area contributed by atoms with E-state index in [2.05, 4.69) is 10.6 Å². The minimum Gasteiger partial charge on any atom is -0.480 e. The van der Waals surface area contributed by atoms with E-state index < -0.39 is 46.1 Å². The Bertz CT molecular complexity index is 1360. The summed E-state index contributed by atoms with van der Waals surface area (Å²) in [5, 5.41) is 13.5. The highest BCUT2D eigenvalue weighted by atomic mass is 35.5. The van der Waals surface area contributed by atoms with E-state index in [1.807, 2.05) is 0 Å². The van der Waals surface area contributed by atoms with Crippen molar-refractivity contribution in [3.63, 3.8) is 0 Å². The van der Waals surface area contributed by atoms with Gasteiger partial charge in [-0.05, 0) is 66.7 Å². The Morgan fingerprint density at radius 1 is 0.861 bits per heavy atom. The summed E-state index contributed by atoms with van der Waals surface area (Å²) in [6, 6.07) is 17.5. The molecule has 0 radical (unpaired) electrons. The van der Waals surface area contributed by atoms with Gasteiger partial charge in [-0.15, -0.1) is 0 Å². The van der Waals surface area contributed by atoms with Gasteiger partial charge < -0.3 is 15.2 Å². The van der Waals surface area contributed by atoms with Gasteiger partial charge in [-0.25, -0.2) is 13.2 Å². The maximum atomic E-state index is 12.9. The van der Waals surface area contributed by atoms with Gasteiger partial charge >= 0.3 is 12.1 Å². The quantitative estimate of drug-likeness (QED) is 0.336. The highest BCUT2D eigenvalue weighted by Crippen LogP contribution is 2.22. The summed E-state index contributed by atoms with van der Waals surface area (Å²) in [5.74, 6) is -2.02. The lowest BCUT2D eigenvalue weighted by molar-refractivity contribution is -0.136. The number of aliphatic carboxylic acids is 1. The molecule has 0 saturated heterocycles. The molecule has 0 aliphatic heterocycles. The van der Waals surface area contributed by atoms with Crippen molar-refractivity contribution in [2.75, 3.05) is 17.2 Å². The van der Waals surface area contributed by atoms with Crippen LogP contribution < -0.4 is 10.6 Å². The molecule has 188 valence electrons. The van der Waals surface area contributed by atoms with E-state index in [0.29, 0.717) is 27.0 Å².